The lowest BCUT2D eigenvalue weighted by Crippen LogP contribution is -2.40. The number of hydrogen-bond donors (Lipinski definition) is 1. The topological polar surface area (TPSA) is 59.3 Å². The SMILES string of the molecule is CCC(NC(=O)c1ccc(Cl)o1)C(=O)CC(Cl)Br. The molecule has 0 bridgehead atoms. The molecule has 0 aromatic carbocycles. The molecule has 0 spiro atoms. The summed E-state index contributed by atoms with van der Waals surface area (Å²) in [4.78, 5) is 23.5. The maximum absolute atomic E-state index is 11.8. The van der Waals surface area contributed by atoms with Crippen molar-refractivity contribution in [1.29, 1.82) is 0 Å². The second-order valence-corrected chi connectivity index (χ2v) is 6.13. The Bertz CT molecular complexity index is 434. The molecule has 0 saturated heterocycles. The number of amides is 1. The Kier molecular flexibility index (Phi) is 6.18. The van der Waals surface area contributed by atoms with E-state index in [4.69, 9.17) is 27.6 Å². The van der Waals surface area contributed by atoms with Crippen molar-refractivity contribution in [3.05, 3.63) is 23.1 Å². The van der Waals surface area contributed by atoms with Crippen molar-refractivity contribution >= 4 is 50.8 Å². The van der Waals surface area contributed by atoms with Crippen LogP contribution in [0.25, 0.3) is 0 Å². The standard InChI is InChI=1S/C11H12BrCl2NO3/c1-2-6(7(16)5-9(12)13)15-11(17)8-3-4-10(14)18-8/h3-4,6,9H,2,5H2,1H3,(H,15,17). The van der Waals surface area contributed by atoms with E-state index >= 15 is 0 Å². The average Bonchev–Trinajstić information content (AvgIpc) is 2.71. The lowest BCUT2D eigenvalue weighted by Gasteiger charge is -2.15. The van der Waals surface area contributed by atoms with Crippen LogP contribution in [0.1, 0.15) is 30.3 Å². The lowest BCUT2D eigenvalue weighted by atomic mass is 10.1. The van der Waals surface area contributed by atoms with Gasteiger partial charge in [0, 0.05) is 6.42 Å². The minimum atomic E-state index is -0.583. The zero-order chi connectivity index (χ0) is 13.7. The summed E-state index contributed by atoms with van der Waals surface area (Å²) in [6, 6.07) is 2.33. The minimum Gasteiger partial charge on any atom is -0.440 e. The summed E-state index contributed by atoms with van der Waals surface area (Å²) in [7, 11) is 0. The van der Waals surface area contributed by atoms with Crippen molar-refractivity contribution < 1.29 is 14.0 Å². The number of hydrogen-bond acceptors (Lipinski definition) is 3. The fourth-order valence-corrected chi connectivity index (χ4v) is 1.99. The van der Waals surface area contributed by atoms with Crippen molar-refractivity contribution in [2.24, 2.45) is 0 Å². The highest BCUT2D eigenvalue weighted by atomic mass is 79.9. The predicted molar refractivity (Wildman–Crippen MR) is 73.5 cm³/mol. The van der Waals surface area contributed by atoms with Gasteiger partial charge in [0.15, 0.2) is 16.8 Å². The molecule has 0 aliphatic heterocycles. The summed E-state index contributed by atoms with van der Waals surface area (Å²) >= 11 is 14.3. The van der Waals surface area contributed by atoms with Gasteiger partial charge in [-0.2, -0.15) is 0 Å². The number of ketones is 1. The van der Waals surface area contributed by atoms with E-state index in [0.717, 1.165) is 0 Å². The first-order chi connectivity index (χ1) is 8.43. The first-order valence-electron chi connectivity index (χ1n) is 5.31. The summed E-state index contributed by atoms with van der Waals surface area (Å²) < 4.78 is 4.52. The Morgan fingerprint density at radius 2 is 2.17 bits per heavy atom. The van der Waals surface area contributed by atoms with E-state index in [0.29, 0.717) is 6.42 Å². The first-order valence-corrected chi connectivity index (χ1v) is 7.04. The van der Waals surface area contributed by atoms with Gasteiger partial charge in [0.25, 0.3) is 5.91 Å². The van der Waals surface area contributed by atoms with E-state index in [1.54, 1.807) is 6.92 Å². The molecule has 4 nitrogen and oxygen atoms in total. The predicted octanol–water partition coefficient (Wildman–Crippen LogP) is 3.36. The fourth-order valence-electron chi connectivity index (χ4n) is 1.37. The molecule has 0 saturated carbocycles. The van der Waals surface area contributed by atoms with Crippen LogP contribution in [0.3, 0.4) is 0 Å². The highest BCUT2D eigenvalue weighted by Crippen LogP contribution is 2.15. The molecule has 1 aromatic rings. The van der Waals surface area contributed by atoms with E-state index in [1.807, 2.05) is 0 Å². The van der Waals surface area contributed by atoms with Gasteiger partial charge in [0.2, 0.25) is 0 Å². The third-order valence-corrected chi connectivity index (χ3v) is 2.94. The Labute approximate surface area is 123 Å². The third kappa shape index (κ3) is 4.63. The van der Waals surface area contributed by atoms with Crippen molar-refractivity contribution in [3.8, 4) is 0 Å². The van der Waals surface area contributed by atoms with Crippen LogP contribution in [0, 0.1) is 0 Å². The number of nitrogens with one attached hydrogen (secondary N) is 1. The average molecular weight is 357 g/mol. The van der Waals surface area contributed by atoms with Gasteiger partial charge in [-0.05, 0) is 30.2 Å². The summed E-state index contributed by atoms with van der Waals surface area (Å²) in [5.41, 5.74) is 0. The van der Waals surface area contributed by atoms with Crippen molar-refractivity contribution in [2.45, 2.75) is 30.1 Å². The van der Waals surface area contributed by atoms with Gasteiger partial charge in [-0.15, -0.1) is 11.6 Å². The minimum absolute atomic E-state index is 0.0764. The molecule has 2 unspecified atom stereocenters. The summed E-state index contributed by atoms with van der Waals surface area (Å²) in [5.74, 6) is -0.532. The molecule has 0 fully saturated rings. The van der Waals surface area contributed by atoms with Crippen LogP contribution < -0.4 is 5.32 Å². The quantitative estimate of drug-likeness (QED) is 0.795. The van der Waals surface area contributed by atoms with Crippen LogP contribution >= 0.6 is 39.1 Å². The molecule has 100 valence electrons. The van der Waals surface area contributed by atoms with Crippen molar-refractivity contribution in [3.63, 3.8) is 0 Å². The molecule has 0 aliphatic rings. The number of furan rings is 1. The lowest BCUT2D eigenvalue weighted by molar-refractivity contribution is -0.120. The van der Waals surface area contributed by atoms with E-state index in [2.05, 4.69) is 21.2 Å². The highest BCUT2D eigenvalue weighted by Gasteiger charge is 2.22. The molecule has 1 amide bonds. The summed E-state index contributed by atoms with van der Waals surface area (Å²) in [6.45, 7) is 1.80. The molecule has 1 heterocycles. The van der Waals surface area contributed by atoms with Crippen molar-refractivity contribution in [2.75, 3.05) is 0 Å². The highest BCUT2D eigenvalue weighted by molar-refractivity contribution is 9.10. The molecule has 1 N–H and O–H groups in total. The van der Waals surface area contributed by atoms with E-state index in [-0.39, 0.29) is 23.2 Å². The smallest absolute Gasteiger partial charge is 0.287 e. The molecule has 1 rings (SSSR count). The number of carbonyl (C=O) groups is 2. The first kappa shape index (κ1) is 15.5. The molecule has 0 aliphatic carbocycles. The number of halogens is 3. The third-order valence-electron chi connectivity index (χ3n) is 2.25. The Hall–Kier alpha value is -0.520. The number of Topliss-reactive ketones (excluding diaryl/α,β-unsaturated/α-hetero) is 1. The normalized spacial score (nSPS) is 14.0. The van der Waals surface area contributed by atoms with E-state index in [1.165, 1.54) is 12.1 Å². The largest absolute Gasteiger partial charge is 0.440 e. The molecule has 0 radical (unpaired) electrons. The van der Waals surface area contributed by atoms with Gasteiger partial charge < -0.3 is 9.73 Å². The maximum Gasteiger partial charge on any atom is 0.287 e. The second-order valence-electron chi connectivity index (χ2n) is 3.60. The molecular formula is C11H12BrCl2NO3. The molecule has 1 aromatic heterocycles. The van der Waals surface area contributed by atoms with Gasteiger partial charge >= 0.3 is 0 Å². The van der Waals surface area contributed by atoms with Gasteiger partial charge in [-0.25, -0.2) is 0 Å². The van der Waals surface area contributed by atoms with Crippen LogP contribution in [0.15, 0.2) is 16.5 Å². The zero-order valence-corrected chi connectivity index (χ0v) is 12.7. The molecular weight excluding hydrogens is 345 g/mol. The number of alkyl halides is 2. The van der Waals surface area contributed by atoms with Crippen molar-refractivity contribution in [1.82, 2.24) is 5.32 Å². The Morgan fingerprint density at radius 3 is 2.61 bits per heavy atom. The molecule has 7 heteroatoms. The maximum atomic E-state index is 11.8. The van der Waals surface area contributed by atoms with Crippen LogP contribution in [0.2, 0.25) is 5.22 Å². The van der Waals surface area contributed by atoms with Crippen LogP contribution in [-0.4, -0.2) is 22.0 Å². The van der Waals surface area contributed by atoms with Gasteiger partial charge in [-0.1, -0.05) is 22.9 Å². The molecule has 18 heavy (non-hydrogen) atoms. The zero-order valence-electron chi connectivity index (χ0n) is 9.58. The van der Waals surface area contributed by atoms with E-state index in [9.17, 15) is 9.59 Å². The van der Waals surface area contributed by atoms with Crippen LogP contribution in [0.4, 0.5) is 0 Å². The Morgan fingerprint density at radius 1 is 1.50 bits per heavy atom. The van der Waals surface area contributed by atoms with Gasteiger partial charge in [0.1, 0.15) is 0 Å². The van der Waals surface area contributed by atoms with E-state index < -0.39 is 16.2 Å². The fraction of sp³-hybridized carbons (Fsp3) is 0.455. The van der Waals surface area contributed by atoms with Crippen LogP contribution in [0.5, 0.6) is 0 Å². The monoisotopic (exact) mass is 355 g/mol. The second kappa shape index (κ2) is 7.16. The number of carbonyl (C=O) groups excluding carboxylic acids is 2. The molecule has 2 atom stereocenters. The summed E-state index contributed by atoms with van der Waals surface area (Å²) in [6.07, 6.45) is 0.620. The van der Waals surface area contributed by atoms with Crippen LogP contribution in [-0.2, 0) is 4.79 Å². The van der Waals surface area contributed by atoms with Gasteiger partial charge in [0.05, 0.1) is 10.3 Å². The Balaban J connectivity index is 2.63. The number of rotatable bonds is 6. The summed E-state index contributed by atoms with van der Waals surface area (Å²) in [5, 5.41) is 2.71. The van der Waals surface area contributed by atoms with Gasteiger partial charge in [-0.3, -0.25) is 9.59 Å².